The molecular formula is C16H21NO4. The lowest BCUT2D eigenvalue weighted by molar-refractivity contribution is -0.0441. The minimum Gasteiger partial charge on any atom is -0.462 e. The van der Waals surface area contributed by atoms with Crippen LogP contribution in [-0.2, 0) is 14.2 Å². The molecule has 0 atom stereocenters. The highest BCUT2D eigenvalue weighted by atomic mass is 16.7. The number of hydrogen-bond donors (Lipinski definition) is 0. The molecule has 3 heterocycles. The number of ether oxygens (including phenoxy) is 3. The van der Waals surface area contributed by atoms with Crippen LogP contribution in [0.4, 0.5) is 0 Å². The number of pyridine rings is 1. The molecule has 0 N–H and O–H groups in total. The zero-order valence-corrected chi connectivity index (χ0v) is 12.7. The summed E-state index contributed by atoms with van der Waals surface area (Å²) in [6, 6.07) is 5.59. The van der Waals surface area contributed by atoms with Crippen molar-refractivity contribution in [2.45, 2.75) is 27.1 Å². The lowest BCUT2D eigenvalue weighted by Crippen LogP contribution is -2.05. The lowest BCUT2D eigenvalue weighted by atomic mass is 10.2. The van der Waals surface area contributed by atoms with Crippen molar-refractivity contribution in [3.8, 4) is 0 Å². The summed E-state index contributed by atoms with van der Waals surface area (Å²) in [6.07, 6.45) is 3.38. The molecule has 0 aromatic carbocycles. The molecule has 2 aromatic heterocycles. The van der Waals surface area contributed by atoms with E-state index in [0.29, 0.717) is 25.4 Å². The van der Waals surface area contributed by atoms with Crippen molar-refractivity contribution in [1.82, 2.24) is 4.40 Å². The van der Waals surface area contributed by atoms with Crippen LogP contribution in [0.5, 0.6) is 0 Å². The minimum atomic E-state index is -0.338. The van der Waals surface area contributed by atoms with Gasteiger partial charge in [-0.05, 0) is 25.1 Å². The van der Waals surface area contributed by atoms with Gasteiger partial charge in [0.25, 0.3) is 0 Å². The summed E-state index contributed by atoms with van der Waals surface area (Å²) in [5.74, 6) is -0.310. The van der Waals surface area contributed by atoms with Crippen molar-refractivity contribution in [3.05, 3.63) is 41.7 Å². The van der Waals surface area contributed by atoms with Crippen LogP contribution >= 0.6 is 0 Å². The number of rotatable bonds is 3. The second kappa shape index (κ2) is 7.24. The van der Waals surface area contributed by atoms with Crippen molar-refractivity contribution in [3.63, 3.8) is 0 Å². The van der Waals surface area contributed by atoms with Crippen LogP contribution in [-0.4, -0.2) is 30.2 Å². The van der Waals surface area contributed by atoms with Gasteiger partial charge in [0.2, 0.25) is 0 Å². The lowest BCUT2D eigenvalue weighted by Gasteiger charge is -2.10. The van der Waals surface area contributed by atoms with E-state index >= 15 is 0 Å². The summed E-state index contributed by atoms with van der Waals surface area (Å²) in [4.78, 5) is 11.9. The van der Waals surface area contributed by atoms with E-state index in [0.717, 1.165) is 11.1 Å². The Morgan fingerprint density at radius 3 is 2.62 bits per heavy atom. The average molecular weight is 291 g/mol. The number of carbonyl (C=O) groups excluding carboxylic acids is 1. The van der Waals surface area contributed by atoms with Gasteiger partial charge >= 0.3 is 5.97 Å². The van der Waals surface area contributed by atoms with Gasteiger partial charge < -0.3 is 18.6 Å². The Morgan fingerprint density at radius 1 is 1.29 bits per heavy atom. The van der Waals surface area contributed by atoms with E-state index in [-0.39, 0.29) is 12.3 Å². The van der Waals surface area contributed by atoms with Crippen LogP contribution < -0.4 is 0 Å². The molecule has 114 valence electrons. The molecule has 0 amide bonds. The van der Waals surface area contributed by atoms with Gasteiger partial charge in [0, 0.05) is 18.0 Å². The molecule has 21 heavy (non-hydrogen) atoms. The largest absolute Gasteiger partial charge is 0.462 e. The van der Waals surface area contributed by atoms with Crippen LogP contribution in [0.1, 0.15) is 43.0 Å². The molecule has 1 aliphatic rings. The first-order valence-electron chi connectivity index (χ1n) is 7.30. The van der Waals surface area contributed by atoms with Crippen molar-refractivity contribution in [2.75, 3.05) is 19.8 Å². The summed E-state index contributed by atoms with van der Waals surface area (Å²) < 4.78 is 17.9. The average Bonchev–Trinajstić information content (AvgIpc) is 3.18. The molecule has 0 aliphatic carbocycles. The molecule has 1 aliphatic heterocycles. The highest BCUT2D eigenvalue weighted by molar-refractivity contribution is 5.97. The van der Waals surface area contributed by atoms with Gasteiger partial charge in [-0.25, -0.2) is 4.79 Å². The van der Waals surface area contributed by atoms with Crippen molar-refractivity contribution in [2.24, 2.45) is 0 Å². The highest BCUT2D eigenvalue weighted by Gasteiger charge is 2.20. The second-order valence-corrected chi connectivity index (χ2v) is 4.28. The third-order valence-corrected chi connectivity index (χ3v) is 3.08. The van der Waals surface area contributed by atoms with Gasteiger partial charge in [0.05, 0.1) is 30.9 Å². The fourth-order valence-corrected chi connectivity index (χ4v) is 2.19. The smallest absolute Gasteiger partial charge is 0.340 e. The van der Waals surface area contributed by atoms with Crippen LogP contribution in [0.3, 0.4) is 0 Å². The van der Waals surface area contributed by atoms with Crippen molar-refractivity contribution < 1.29 is 19.0 Å². The summed E-state index contributed by atoms with van der Waals surface area (Å²) in [7, 11) is 0. The van der Waals surface area contributed by atoms with E-state index < -0.39 is 0 Å². The Morgan fingerprint density at radius 2 is 1.95 bits per heavy atom. The van der Waals surface area contributed by atoms with Crippen molar-refractivity contribution >= 4 is 11.5 Å². The molecule has 2 aromatic rings. The zero-order valence-electron chi connectivity index (χ0n) is 12.7. The fourth-order valence-electron chi connectivity index (χ4n) is 2.19. The number of fused-ring (bicyclic) bond motifs is 1. The van der Waals surface area contributed by atoms with E-state index in [1.165, 1.54) is 0 Å². The molecule has 3 rings (SSSR count). The van der Waals surface area contributed by atoms with Crippen LogP contribution in [0.15, 0.2) is 30.6 Å². The molecule has 0 radical (unpaired) electrons. The third-order valence-electron chi connectivity index (χ3n) is 3.08. The van der Waals surface area contributed by atoms with Gasteiger partial charge in [-0.15, -0.1) is 0 Å². The molecule has 1 fully saturated rings. The van der Waals surface area contributed by atoms with Crippen LogP contribution in [0.2, 0.25) is 0 Å². The van der Waals surface area contributed by atoms with Crippen LogP contribution in [0.25, 0.3) is 5.52 Å². The molecule has 5 nitrogen and oxygen atoms in total. The molecule has 0 saturated carbocycles. The fraction of sp³-hybridized carbons (Fsp3) is 0.438. The van der Waals surface area contributed by atoms with Crippen molar-refractivity contribution in [1.29, 1.82) is 0 Å². The highest BCUT2D eigenvalue weighted by Crippen LogP contribution is 2.25. The van der Waals surface area contributed by atoms with E-state index in [1.807, 2.05) is 42.8 Å². The molecular weight excluding hydrogens is 270 g/mol. The first-order chi connectivity index (χ1) is 10.3. The Hall–Kier alpha value is -1.85. The zero-order chi connectivity index (χ0) is 15.2. The standard InChI is InChI=1S/C14H15NO4.C2H6/c1-2-17-13(16)11-4-6-15-5-3-10(9-12(11)15)14-18-7-8-19-14;1-2/h3-6,9,14H,2,7-8H2,1H3;1-2H3. The minimum absolute atomic E-state index is 0.310. The number of hydrogen-bond acceptors (Lipinski definition) is 4. The molecule has 0 bridgehead atoms. The summed E-state index contributed by atoms with van der Waals surface area (Å²) in [5, 5.41) is 0. The Balaban J connectivity index is 0.000000774. The number of carbonyl (C=O) groups is 1. The summed E-state index contributed by atoms with van der Waals surface area (Å²) >= 11 is 0. The van der Waals surface area contributed by atoms with E-state index in [9.17, 15) is 4.79 Å². The van der Waals surface area contributed by atoms with Gasteiger partial charge in [0.1, 0.15) is 0 Å². The molecule has 0 spiro atoms. The van der Waals surface area contributed by atoms with Gasteiger partial charge in [0.15, 0.2) is 6.29 Å². The topological polar surface area (TPSA) is 49.2 Å². The normalized spacial score (nSPS) is 14.8. The number of esters is 1. The van der Waals surface area contributed by atoms with Gasteiger partial charge in [-0.1, -0.05) is 13.8 Å². The Kier molecular flexibility index (Phi) is 5.36. The maximum absolute atomic E-state index is 11.9. The monoisotopic (exact) mass is 291 g/mol. The van der Waals surface area contributed by atoms with Gasteiger partial charge in [-0.3, -0.25) is 0 Å². The van der Waals surface area contributed by atoms with E-state index in [4.69, 9.17) is 14.2 Å². The maximum Gasteiger partial charge on any atom is 0.340 e. The quantitative estimate of drug-likeness (QED) is 0.815. The Labute approximate surface area is 124 Å². The first-order valence-corrected chi connectivity index (χ1v) is 7.30. The third kappa shape index (κ3) is 3.25. The molecule has 1 saturated heterocycles. The SMILES string of the molecule is CC.CCOC(=O)c1ccn2ccc(C3OCCO3)cc12. The van der Waals surface area contributed by atoms with E-state index in [1.54, 1.807) is 13.0 Å². The van der Waals surface area contributed by atoms with Gasteiger partial charge in [-0.2, -0.15) is 0 Å². The maximum atomic E-state index is 11.9. The van der Waals surface area contributed by atoms with E-state index in [2.05, 4.69) is 0 Å². The van der Waals surface area contributed by atoms with Crippen LogP contribution in [0, 0.1) is 0 Å². The second-order valence-electron chi connectivity index (χ2n) is 4.28. The Bertz CT molecular complexity index is 599. The molecule has 0 unspecified atom stereocenters. The first kappa shape index (κ1) is 15.5. The number of aromatic nitrogens is 1. The predicted octanol–water partition coefficient (Wildman–Crippen LogP) is 3.19. The molecule has 5 heteroatoms. The predicted molar refractivity (Wildman–Crippen MR) is 79.3 cm³/mol. The summed E-state index contributed by atoms with van der Waals surface area (Å²) in [5.41, 5.74) is 2.27. The summed E-state index contributed by atoms with van der Waals surface area (Å²) in [6.45, 7) is 7.36. The number of nitrogens with zero attached hydrogens (tertiary/aromatic N) is 1.